The molecule has 0 spiro atoms. The first-order valence-corrected chi connectivity index (χ1v) is 8.10. The van der Waals surface area contributed by atoms with Crippen LogP contribution in [0.25, 0.3) is 0 Å². The lowest BCUT2D eigenvalue weighted by atomic mass is 10.2. The maximum atomic E-state index is 12.6. The van der Waals surface area contributed by atoms with Crippen molar-refractivity contribution in [3.05, 3.63) is 24.3 Å². The summed E-state index contributed by atoms with van der Waals surface area (Å²) in [6.45, 7) is 4.17. The fourth-order valence-electron chi connectivity index (χ4n) is 2.92. The molecule has 0 N–H and O–H groups in total. The van der Waals surface area contributed by atoms with Gasteiger partial charge in [0.2, 0.25) is 11.8 Å². The number of para-hydroxylation sites is 2. The molecule has 1 fully saturated rings. The first-order chi connectivity index (χ1) is 11.2. The number of benzene rings is 1. The van der Waals surface area contributed by atoms with Gasteiger partial charge in [0, 0.05) is 13.1 Å². The van der Waals surface area contributed by atoms with E-state index in [0.717, 1.165) is 6.42 Å². The number of hydrogen-bond acceptors (Lipinski definition) is 4. The number of morpholine rings is 1. The van der Waals surface area contributed by atoms with Crippen molar-refractivity contribution >= 4 is 17.5 Å². The van der Waals surface area contributed by atoms with Crippen molar-refractivity contribution in [1.82, 2.24) is 4.90 Å². The van der Waals surface area contributed by atoms with Crippen molar-refractivity contribution in [2.45, 2.75) is 25.9 Å². The SMILES string of the molecule is CC[C@H]1CN(C(=O)CN2C(=O)CCOc3ccccc32)CCO1. The Morgan fingerprint density at radius 2 is 2.13 bits per heavy atom. The van der Waals surface area contributed by atoms with E-state index in [2.05, 4.69) is 0 Å². The number of amides is 2. The molecule has 3 rings (SSSR count). The number of carbonyl (C=O) groups excluding carboxylic acids is 2. The summed E-state index contributed by atoms with van der Waals surface area (Å²) < 4.78 is 11.2. The molecule has 124 valence electrons. The van der Waals surface area contributed by atoms with Crippen LogP contribution in [0.1, 0.15) is 19.8 Å². The average molecular weight is 318 g/mol. The van der Waals surface area contributed by atoms with E-state index in [9.17, 15) is 9.59 Å². The van der Waals surface area contributed by atoms with E-state index in [0.29, 0.717) is 37.7 Å². The lowest BCUT2D eigenvalue weighted by molar-refractivity contribution is -0.138. The summed E-state index contributed by atoms with van der Waals surface area (Å²) in [5, 5.41) is 0. The molecule has 2 aliphatic rings. The number of rotatable bonds is 3. The third-order valence-electron chi connectivity index (χ3n) is 4.27. The van der Waals surface area contributed by atoms with E-state index in [1.165, 1.54) is 0 Å². The molecule has 2 heterocycles. The first-order valence-electron chi connectivity index (χ1n) is 8.10. The van der Waals surface area contributed by atoms with E-state index in [-0.39, 0.29) is 30.9 Å². The largest absolute Gasteiger partial charge is 0.491 e. The molecular weight excluding hydrogens is 296 g/mol. The molecule has 1 aromatic carbocycles. The van der Waals surface area contributed by atoms with Crippen molar-refractivity contribution in [2.75, 3.05) is 37.7 Å². The summed E-state index contributed by atoms with van der Waals surface area (Å²) >= 11 is 0. The third kappa shape index (κ3) is 3.47. The molecule has 2 amide bonds. The van der Waals surface area contributed by atoms with Gasteiger partial charge >= 0.3 is 0 Å². The van der Waals surface area contributed by atoms with E-state index in [1.807, 2.05) is 31.2 Å². The van der Waals surface area contributed by atoms with Gasteiger partial charge in [0.25, 0.3) is 0 Å². The number of nitrogens with zero attached hydrogens (tertiary/aromatic N) is 2. The minimum Gasteiger partial charge on any atom is -0.491 e. The minimum absolute atomic E-state index is 0.0446. The predicted molar refractivity (Wildman–Crippen MR) is 85.5 cm³/mol. The molecule has 6 heteroatoms. The van der Waals surface area contributed by atoms with Crippen molar-refractivity contribution in [3.8, 4) is 5.75 Å². The quantitative estimate of drug-likeness (QED) is 0.846. The molecule has 23 heavy (non-hydrogen) atoms. The summed E-state index contributed by atoms with van der Waals surface area (Å²) in [6, 6.07) is 7.36. The Bertz CT molecular complexity index is 590. The summed E-state index contributed by atoms with van der Waals surface area (Å²) in [7, 11) is 0. The molecule has 2 aliphatic heterocycles. The fourth-order valence-corrected chi connectivity index (χ4v) is 2.92. The van der Waals surface area contributed by atoms with Crippen LogP contribution in [0, 0.1) is 0 Å². The zero-order valence-corrected chi connectivity index (χ0v) is 13.4. The van der Waals surface area contributed by atoms with Crippen LogP contribution in [0.15, 0.2) is 24.3 Å². The van der Waals surface area contributed by atoms with Gasteiger partial charge in [-0.1, -0.05) is 19.1 Å². The molecule has 6 nitrogen and oxygen atoms in total. The van der Waals surface area contributed by atoms with E-state index in [1.54, 1.807) is 9.80 Å². The maximum absolute atomic E-state index is 12.6. The molecule has 1 saturated heterocycles. The second-order valence-electron chi connectivity index (χ2n) is 5.79. The monoisotopic (exact) mass is 318 g/mol. The number of anilines is 1. The second kappa shape index (κ2) is 7.00. The lowest BCUT2D eigenvalue weighted by Gasteiger charge is -2.34. The summed E-state index contributed by atoms with van der Waals surface area (Å²) in [5.74, 6) is 0.528. The fraction of sp³-hybridized carbons (Fsp3) is 0.529. The topological polar surface area (TPSA) is 59.1 Å². The number of fused-ring (bicyclic) bond motifs is 1. The predicted octanol–water partition coefficient (Wildman–Crippen LogP) is 1.44. The molecule has 0 bridgehead atoms. The minimum atomic E-state index is -0.0800. The maximum Gasteiger partial charge on any atom is 0.242 e. The molecule has 1 atom stereocenters. The smallest absolute Gasteiger partial charge is 0.242 e. The average Bonchev–Trinajstić information content (AvgIpc) is 2.74. The van der Waals surface area contributed by atoms with E-state index < -0.39 is 0 Å². The van der Waals surface area contributed by atoms with Crippen LogP contribution in [0.5, 0.6) is 5.75 Å². The standard InChI is InChI=1S/C17H22N2O4/c1-2-13-11-18(8-10-22-13)17(21)12-19-14-5-3-4-6-15(14)23-9-7-16(19)20/h3-6,13H,2,7-12H2,1H3/t13-/m0/s1. The summed E-state index contributed by atoms with van der Waals surface area (Å²) in [6.07, 6.45) is 1.24. The van der Waals surface area contributed by atoms with Crippen LogP contribution in [0.3, 0.4) is 0 Å². The second-order valence-corrected chi connectivity index (χ2v) is 5.79. The molecule has 0 aromatic heterocycles. The van der Waals surface area contributed by atoms with Gasteiger partial charge < -0.3 is 14.4 Å². The van der Waals surface area contributed by atoms with Gasteiger partial charge in [-0.2, -0.15) is 0 Å². The highest BCUT2D eigenvalue weighted by atomic mass is 16.5. The molecule has 0 saturated carbocycles. The highest BCUT2D eigenvalue weighted by Gasteiger charge is 2.29. The highest BCUT2D eigenvalue weighted by molar-refractivity contribution is 6.00. The van der Waals surface area contributed by atoms with Crippen LogP contribution < -0.4 is 9.64 Å². The van der Waals surface area contributed by atoms with Crippen LogP contribution in [0.4, 0.5) is 5.69 Å². The van der Waals surface area contributed by atoms with Crippen molar-refractivity contribution in [3.63, 3.8) is 0 Å². The Labute approximate surface area is 136 Å². The summed E-state index contributed by atoms with van der Waals surface area (Å²) in [5.41, 5.74) is 0.670. The number of hydrogen-bond donors (Lipinski definition) is 0. The zero-order valence-electron chi connectivity index (χ0n) is 13.4. The van der Waals surface area contributed by atoms with Gasteiger partial charge in [0.05, 0.1) is 31.4 Å². The van der Waals surface area contributed by atoms with Gasteiger partial charge in [0.1, 0.15) is 12.3 Å². The third-order valence-corrected chi connectivity index (χ3v) is 4.27. The Morgan fingerprint density at radius 1 is 1.30 bits per heavy atom. The van der Waals surface area contributed by atoms with Gasteiger partial charge in [-0.15, -0.1) is 0 Å². The summed E-state index contributed by atoms with van der Waals surface area (Å²) in [4.78, 5) is 28.3. The van der Waals surface area contributed by atoms with Crippen molar-refractivity contribution in [1.29, 1.82) is 0 Å². The molecule has 0 aliphatic carbocycles. The number of carbonyl (C=O) groups is 2. The molecule has 1 aromatic rings. The van der Waals surface area contributed by atoms with Crippen LogP contribution in [-0.4, -0.2) is 55.7 Å². The van der Waals surface area contributed by atoms with E-state index in [4.69, 9.17) is 9.47 Å². The Hall–Kier alpha value is -2.08. The Kier molecular flexibility index (Phi) is 4.81. The van der Waals surface area contributed by atoms with Crippen LogP contribution >= 0.6 is 0 Å². The molecule has 0 radical (unpaired) electrons. The van der Waals surface area contributed by atoms with Gasteiger partial charge in [0.15, 0.2) is 0 Å². The van der Waals surface area contributed by atoms with Gasteiger partial charge in [-0.05, 0) is 18.6 Å². The molecule has 0 unspecified atom stereocenters. The zero-order chi connectivity index (χ0) is 16.2. The van der Waals surface area contributed by atoms with Crippen molar-refractivity contribution in [2.24, 2.45) is 0 Å². The lowest BCUT2D eigenvalue weighted by Crippen LogP contribution is -2.49. The van der Waals surface area contributed by atoms with Crippen LogP contribution in [-0.2, 0) is 14.3 Å². The highest BCUT2D eigenvalue weighted by Crippen LogP contribution is 2.30. The van der Waals surface area contributed by atoms with Gasteiger partial charge in [-0.3, -0.25) is 14.5 Å². The Morgan fingerprint density at radius 3 is 2.96 bits per heavy atom. The Balaban J connectivity index is 1.75. The van der Waals surface area contributed by atoms with Gasteiger partial charge in [-0.25, -0.2) is 0 Å². The first kappa shape index (κ1) is 15.8. The normalized spacial score (nSPS) is 21.4. The number of ether oxygens (including phenoxy) is 2. The molecular formula is C17H22N2O4. The van der Waals surface area contributed by atoms with Crippen molar-refractivity contribution < 1.29 is 19.1 Å². The van der Waals surface area contributed by atoms with Crippen LogP contribution in [0.2, 0.25) is 0 Å². The van der Waals surface area contributed by atoms with E-state index >= 15 is 0 Å².